The SMILES string of the molecule is CC1CCN(c2ccc(C(=O)O)cc2)C(=O)O1. The Labute approximate surface area is 98.6 Å². The molecule has 0 aromatic heterocycles. The molecule has 5 nitrogen and oxygen atoms in total. The first kappa shape index (κ1) is 11.4. The highest BCUT2D eigenvalue weighted by atomic mass is 16.6. The lowest BCUT2D eigenvalue weighted by Crippen LogP contribution is -2.41. The molecule has 1 aliphatic heterocycles. The summed E-state index contributed by atoms with van der Waals surface area (Å²) in [4.78, 5) is 23.8. The molecule has 0 saturated carbocycles. The Bertz CT molecular complexity index is 440. The van der Waals surface area contributed by atoms with Crippen molar-refractivity contribution in [2.24, 2.45) is 0 Å². The van der Waals surface area contributed by atoms with E-state index < -0.39 is 5.97 Å². The summed E-state index contributed by atoms with van der Waals surface area (Å²) in [5.41, 5.74) is 0.861. The summed E-state index contributed by atoms with van der Waals surface area (Å²) in [6.45, 7) is 2.44. The van der Waals surface area contributed by atoms with Crippen molar-refractivity contribution in [2.45, 2.75) is 19.4 Å². The summed E-state index contributed by atoms with van der Waals surface area (Å²) in [7, 11) is 0. The van der Waals surface area contributed by atoms with Crippen molar-refractivity contribution in [2.75, 3.05) is 11.4 Å². The van der Waals surface area contributed by atoms with Crippen LogP contribution in [0.1, 0.15) is 23.7 Å². The third-order valence-corrected chi connectivity index (χ3v) is 2.71. The summed E-state index contributed by atoms with van der Waals surface area (Å²) < 4.78 is 5.10. The van der Waals surface area contributed by atoms with E-state index in [0.29, 0.717) is 12.2 Å². The molecule has 0 spiro atoms. The number of carboxylic acids is 1. The minimum Gasteiger partial charge on any atom is -0.478 e. The Kier molecular flexibility index (Phi) is 2.99. The molecule has 1 unspecified atom stereocenters. The maximum absolute atomic E-state index is 11.6. The van der Waals surface area contributed by atoms with Crippen LogP contribution in [0.2, 0.25) is 0 Å². The standard InChI is InChI=1S/C12H13NO4/c1-8-6-7-13(12(16)17-8)10-4-2-9(3-5-10)11(14)15/h2-5,8H,6-7H2,1H3,(H,14,15). The number of cyclic esters (lactones) is 1. The number of carbonyl (C=O) groups is 2. The number of carbonyl (C=O) groups excluding carboxylic acids is 1. The van der Waals surface area contributed by atoms with Crippen LogP contribution in [0, 0.1) is 0 Å². The predicted octanol–water partition coefficient (Wildman–Crippen LogP) is 2.12. The van der Waals surface area contributed by atoms with Gasteiger partial charge in [0.1, 0.15) is 6.10 Å². The third-order valence-electron chi connectivity index (χ3n) is 2.71. The lowest BCUT2D eigenvalue weighted by molar-refractivity contribution is 0.0696. The van der Waals surface area contributed by atoms with Crippen LogP contribution in [0.25, 0.3) is 0 Å². The van der Waals surface area contributed by atoms with Crippen molar-refractivity contribution in [3.63, 3.8) is 0 Å². The fourth-order valence-corrected chi connectivity index (χ4v) is 1.72. The first-order chi connectivity index (χ1) is 8.08. The van der Waals surface area contributed by atoms with Gasteiger partial charge in [-0.05, 0) is 31.2 Å². The summed E-state index contributed by atoms with van der Waals surface area (Å²) in [6, 6.07) is 6.17. The molecule has 1 atom stereocenters. The Hall–Kier alpha value is -2.04. The number of anilines is 1. The molecule has 0 bridgehead atoms. The molecule has 5 heteroatoms. The third kappa shape index (κ3) is 2.38. The van der Waals surface area contributed by atoms with Gasteiger partial charge in [-0.2, -0.15) is 0 Å². The second kappa shape index (κ2) is 4.45. The van der Waals surface area contributed by atoms with Gasteiger partial charge in [-0.1, -0.05) is 0 Å². The van der Waals surface area contributed by atoms with Gasteiger partial charge < -0.3 is 9.84 Å². The monoisotopic (exact) mass is 235 g/mol. The van der Waals surface area contributed by atoms with E-state index in [-0.39, 0.29) is 17.8 Å². The minimum atomic E-state index is -0.980. The van der Waals surface area contributed by atoms with Gasteiger partial charge in [-0.3, -0.25) is 4.90 Å². The van der Waals surface area contributed by atoms with E-state index in [4.69, 9.17) is 9.84 Å². The van der Waals surface area contributed by atoms with E-state index in [1.54, 1.807) is 12.1 Å². The van der Waals surface area contributed by atoms with Crippen LogP contribution in [0.4, 0.5) is 10.5 Å². The van der Waals surface area contributed by atoms with E-state index in [9.17, 15) is 9.59 Å². The highest BCUT2D eigenvalue weighted by Crippen LogP contribution is 2.21. The highest BCUT2D eigenvalue weighted by molar-refractivity contribution is 5.91. The lowest BCUT2D eigenvalue weighted by atomic mass is 10.1. The van der Waals surface area contributed by atoms with E-state index >= 15 is 0 Å². The molecule has 2 rings (SSSR count). The normalized spacial score (nSPS) is 19.9. The van der Waals surface area contributed by atoms with Gasteiger partial charge in [-0.25, -0.2) is 9.59 Å². The number of benzene rings is 1. The molecule has 1 aromatic rings. The van der Waals surface area contributed by atoms with Crippen LogP contribution >= 0.6 is 0 Å². The molecule has 1 aliphatic rings. The van der Waals surface area contributed by atoms with Crippen LogP contribution in [-0.2, 0) is 4.74 Å². The zero-order chi connectivity index (χ0) is 12.4. The minimum absolute atomic E-state index is 0.0583. The maximum Gasteiger partial charge on any atom is 0.414 e. The number of rotatable bonds is 2. The molecule has 90 valence electrons. The largest absolute Gasteiger partial charge is 0.478 e. The van der Waals surface area contributed by atoms with Crippen molar-refractivity contribution in [3.05, 3.63) is 29.8 Å². The highest BCUT2D eigenvalue weighted by Gasteiger charge is 2.25. The Morgan fingerprint density at radius 1 is 1.41 bits per heavy atom. The molecule has 1 saturated heterocycles. The fourth-order valence-electron chi connectivity index (χ4n) is 1.72. The van der Waals surface area contributed by atoms with E-state index in [2.05, 4.69) is 0 Å². The Balaban J connectivity index is 2.17. The van der Waals surface area contributed by atoms with Gasteiger partial charge in [0.2, 0.25) is 0 Å². The number of ether oxygens (including phenoxy) is 1. The first-order valence-electron chi connectivity index (χ1n) is 5.39. The van der Waals surface area contributed by atoms with Gasteiger partial charge in [0, 0.05) is 18.7 Å². The van der Waals surface area contributed by atoms with Gasteiger partial charge in [0.15, 0.2) is 0 Å². The molecule has 0 radical (unpaired) electrons. The number of carboxylic acid groups (broad SMARTS) is 1. The van der Waals surface area contributed by atoms with E-state index in [0.717, 1.165) is 6.42 Å². The van der Waals surface area contributed by atoms with Crippen molar-refractivity contribution >= 4 is 17.7 Å². The van der Waals surface area contributed by atoms with Gasteiger partial charge >= 0.3 is 12.1 Å². The van der Waals surface area contributed by atoms with E-state index in [1.807, 2.05) is 6.92 Å². The smallest absolute Gasteiger partial charge is 0.414 e. The number of aromatic carboxylic acids is 1. The molecular formula is C12H13NO4. The molecule has 1 N–H and O–H groups in total. The second-order valence-corrected chi connectivity index (χ2v) is 3.99. The summed E-state index contributed by atoms with van der Waals surface area (Å²) in [6.07, 6.45) is 0.329. The zero-order valence-electron chi connectivity index (χ0n) is 9.42. The predicted molar refractivity (Wildman–Crippen MR) is 61.3 cm³/mol. The van der Waals surface area contributed by atoms with Gasteiger partial charge in [0.05, 0.1) is 5.56 Å². The average Bonchev–Trinajstić information content (AvgIpc) is 2.29. The fraction of sp³-hybridized carbons (Fsp3) is 0.333. The van der Waals surface area contributed by atoms with Crippen LogP contribution in [0.3, 0.4) is 0 Å². The molecule has 0 aliphatic carbocycles. The molecule has 1 fully saturated rings. The molecule has 1 amide bonds. The first-order valence-corrected chi connectivity index (χ1v) is 5.39. The maximum atomic E-state index is 11.6. The zero-order valence-corrected chi connectivity index (χ0v) is 9.42. The van der Waals surface area contributed by atoms with Crippen LogP contribution < -0.4 is 4.90 Å². The Morgan fingerprint density at radius 3 is 2.59 bits per heavy atom. The summed E-state index contributed by atoms with van der Waals surface area (Å²) in [5, 5.41) is 8.77. The topological polar surface area (TPSA) is 66.8 Å². The van der Waals surface area contributed by atoms with Crippen molar-refractivity contribution in [3.8, 4) is 0 Å². The van der Waals surface area contributed by atoms with Crippen molar-refractivity contribution < 1.29 is 19.4 Å². The van der Waals surface area contributed by atoms with Gasteiger partial charge in [-0.15, -0.1) is 0 Å². The quantitative estimate of drug-likeness (QED) is 0.852. The van der Waals surface area contributed by atoms with E-state index in [1.165, 1.54) is 17.0 Å². The van der Waals surface area contributed by atoms with Crippen LogP contribution in [-0.4, -0.2) is 29.8 Å². The molecular weight excluding hydrogens is 222 g/mol. The Morgan fingerprint density at radius 2 is 2.06 bits per heavy atom. The van der Waals surface area contributed by atoms with Gasteiger partial charge in [0.25, 0.3) is 0 Å². The van der Waals surface area contributed by atoms with Crippen LogP contribution in [0.5, 0.6) is 0 Å². The number of hydrogen-bond donors (Lipinski definition) is 1. The number of amides is 1. The molecule has 17 heavy (non-hydrogen) atoms. The van der Waals surface area contributed by atoms with Crippen LogP contribution in [0.15, 0.2) is 24.3 Å². The van der Waals surface area contributed by atoms with Crippen molar-refractivity contribution in [1.29, 1.82) is 0 Å². The number of nitrogens with zero attached hydrogens (tertiary/aromatic N) is 1. The molecule has 1 heterocycles. The molecule has 1 aromatic carbocycles. The lowest BCUT2D eigenvalue weighted by Gasteiger charge is -2.30. The number of hydrogen-bond acceptors (Lipinski definition) is 3. The average molecular weight is 235 g/mol. The summed E-state index contributed by atoms with van der Waals surface area (Å²) in [5.74, 6) is -0.980. The second-order valence-electron chi connectivity index (χ2n) is 3.99. The summed E-state index contributed by atoms with van der Waals surface area (Å²) >= 11 is 0. The van der Waals surface area contributed by atoms with Crippen molar-refractivity contribution in [1.82, 2.24) is 0 Å².